The topological polar surface area (TPSA) is 109 Å². The fourth-order valence-electron chi connectivity index (χ4n) is 4.50. The van der Waals surface area contributed by atoms with Crippen molar-refractivity contribution in [3.8, 4) is 23.0 Å². The third-order valence-corrected chi connectivity index (χ3v) is 6.76. The summed E-state index contributed by atoms with van der Waals surface area (Å²) in [5.41, 5.74) is 3.31. The van der Waals surface area contributed by atoms with Crippen LogP contribution in [0.1, 0.15) is 24.1 Å². The number of amides is 1. The Morgan fingerprint density at radius 1 is 0.975 bits per heavy atom. The molecule has 0 fully saturated rings. The van der Waals surface area contributed by atoms with Crippen LogP contribution in [0.5, 0.6) is 23.0 Å². The van der Waals surface area contributed by atoms with Gasteiger partial charge in [-0.1, -0.05) is 29.8 Å². The van der Waals surface area contributed by atoms with Crippen molar-refractivity contribution in [2.45, 2.75) is 19.6 Å². The molecule has 2 N–H and O–H groups in total. The molecule has 10 nitrogen and oxygen atoms in total. The largest absolute Gasteiger partial charge is 0.497 e. The first kappa shape index (κ1) is 26.9. The smallest absolute Gasteiger partial charge is 0.255 e. The maximum atomic E-state index is 13.8. The summed E-state index contributed by atoms with van der Waals surface area (Å²) in [4.78, 5) is 18.1. The molecule has 11 heteroatoms. The number of nitrogens with zero attached hydrogens (tertiary/aromatic N) is 3. The maximum absolute atomic E-state index is 13.8. The Bertz CT molecular complexity index is 1570. The Balaban J connectivity index is 1.47. The van der Waals surface area contributed by atoms with Gasteiger partial charge in [-0.3, -0.25) is 4.79 Å². The van der Waals surface area contributed by atoms with Crippen LogP contribution in [-0.4, -0.2) is 42.0 Å². The van der Waals surface area contributed by atoms with E-state index in [0.29, 0.717) is 57.5 Å². The molecule has 0 spiro atoms. The van der Waals surface area contributed by atoms with Gasteiger partial charge in [0.2, 0.25) is 5.95 Å². The number of fused-ring (bicyclic) bond motifs is 1. The third-order valence-electron chi connectivity index (χ3n) is 6.51. The van der Waals surface area contributed by atoms with Gasteiger partial charge in [0.25, 0.3) is 5.91 Å². The number of carbonyl (C=O) groups excluding carboxylic acids is 1. The van der Waals surface area contributed by atoms with Gasteiger partial charge >= 0.3 is 0 Å². The molecule has 1 atom stereocenters. The van der Waals surface area contributed by atoms with Crippen LogP contribution in [0.4, 0.5) is 11.6 Å². The normalized spacial score (nSPS) is 14.2. The summed E-state index contributed by atoms with van der Waals surface area (Å²) in [7, 11) is 4.67. The molecular weight excluding hydrogens is 534 g/mol. The Morgan fingerprint density at radius 3 is 2.48 bits per heavy atom. The first-order valence-electron chi connectivity index (χ1n) is 12.4. The number of aromatic nitrogens is 3. The average molecular weight is 562 g/mol. The van der Waals surface area contributed by atoms with Crippen molar-refractivity contribution in [3.63, 3.8) is 0 Å². The van der Waals surface area contributed by atoms with Crippen LogP contribution >= 0.6 is 11.6 Å². The second-order valence-electron chi connectivity index (χ2n) is 8.94. The lowest BCUT2D eigenvalue weighted by atomic mass is 9.94. The lowest BCUT2D eigenvalue weighted by Crippen LogP contribution is -2.31. The third kappa shape index (κ3) is 5.39. The van der Waals surface area contributed by atoms with Crippen LogP contribution in [0.3, 0.4) is 0 Å². The summed E-state index contributed by atoms with van der Waals surface area (Å²) in [6.07, 6.45) is 1.44. The Kier molecular flexibility index (Phi) is 7.79. The van der Waals surface area contributed by atoms with Gasteiger partial charge in [0, 0.05) is 16.8 Å². The van der Waals surface area contributed by atoms with E-state index in [1.54, 1.807) is 37.1 Å². The molecule has 206 valence electrons. The van der Waals surface area contributed by atoms with Crippen LogP contribution in [0.25, 0.3) is 0 Å². The molecule has 1 amide bonds. The second kappa shape index (κ2) is 11.6. The zero-order valence-corrected chi connectivity index (χ0v) is 23.2. The zero-order valence-electron chi connectivity index (χ0n) is 22.4. The highest BCUT2D eigenvalue weighted by Gasteiger charge is 2.34. The number of allylic oxidation sites excluding steroid dienone is 1. The van der Waals surface area contributed by atoms with Crippen LogP contribution < -0.4 is 29.6 Å². The van der Waals surface area contributed by atoms with E-state index in [4.69, 9.17) is 30.5 Å². The molecule has 0 saturated heterocycles. The van der Waals surface area contributed by atoms with Crippen molar-refractivity contribution in [1.29, 1.82) is 0 Å². The first-order chi connectivity index (χ1) is 19.4. The van der Waals surface area contributed by atoms with Crippen molar-refractivity contribution < 1.29 is 23.7 Å². The molecule has 2 heterocycles. The number of halogens is 1. The molecule has 0 saturated carbocycles. The number of hydrogen-bond acceptors (Lipinski definition) is 8. The van der Waals surface area contributed by atoms with Crippen molar-refractivity contribution in [2.24, 2.45) is 0 Å². The van der Waals surface area contributed by atoms with E-state index in [1.807, 2.05) is 49.4 Å². The molecule has 1 aliphatic heterocycles. The van der Waals surface area contributed by atoms with Crippen molar-refractivity contribution in [2.75, 3.05) is 32.0 Å². The molecule has 5 rings (SSSR count). The summed E-state index contributed by atoms with van der Waals surface area (Å²) >= 11 is 5.99. The second-order valence-corrected chi connectivity index (χ2v) is 9.38. The predicted octanol–water partition coefficient (Wildman–Crippen LogP) is 5.46. The van der Waals surface area contributed by atoms with Crippen LogP contribution in [0.15, 0.2) is 78.3 Å². The van der Waals surface area contributed by atoms with E-state index < -0.39 is 6.04 Å². The quantitative estimate of drug-likeness (QED) is 0.277. The highest BCUT2D eigenvalue weighted by Crippen LogP contribution is 2.39. The first-order valence-corrected chi connectivity index (χ1v) is 12.8. The minimum atomic E-state index is -0.595. The molecule has 4 aromatic rings. The van der Waals surface area contributed by atoms with E-state index >= 15 is 0 Å². The summed E-state index contributed by atoms with van der Waals surface area (Å²) < 4.78 is 24.1. The molecule has 40 heavy (non-hydrogen) atoms. The molecule has 1 aromatic heterocycles. The maximum Gasteiger partial charge on any atom is 0.255 e. The zero-order chi connectivity index (χ0) is 28.2. The van der Waals surface area contributed by atoms with Gasteiger partial charge in [0.15, 0.2) is 11.5 Å². The number of hydrogen-bond donors (Lipinski definition) is 2. The molecule has 3 aromatic carbocycles. The summed E-state index contributed by atoms with van der Waals surface area (Å²) in [5.74, 6) is 2.34. The van der Waals surface area contributed by atoms with Crippen molar-refractivity contribution in [3.05, 3.63) is 94.4 Å². The molecule has 0 unspecified atom stereocenters. The highest BCUT2D eigenvalue weighted by molar-refractivity contribution is 6.30. The van der Waals surface area contributed by atoms with Gasteiger partial charge in [0.1, 0.15) is 30.5 Å². The van der Waals surface area contributed by atoms with Gasteiger partial charge in [-0.25, -0.2) is 4.68 Å². The lowest BCUT2D eigenvalue weighted by molar-refractivity contribution is -0.113. The standard InChI is InChI=1S/C29H28ClN5O5/c1-17-26(28(36)34-22-11-10-21(37-2)14-24(22)38-3)27(35-29(33-17)31-16-32-35)19-7-12-23(25(13-19)39-4)40-15-18-5-8-20(30)9-6-18/h5-14,16,27H,15H2,1-4H3,(H,34,36)(H,31,32,33)/t27-/m0/s1. The van der Waals surface area contributed by atoms with E-state index in [0.717, 1.165) is 11.1 Å². The Hall–Kier alpha value is -4.70. The van der Waals surface area contributed by atoms with E-state index in [-0.39, 0.29) is 5.91 Å². The number of nitrogens with one attached hydrogen (secondary N) is 2. The molecule has 0 aliphatic carbocycles. The van der Waals surface area contributed by atoms with Crippen LogP contribution in [0, 0.1) is 0 Å². The lowest BCUT2D eigenvalue weighted by Gasteiger charge is -2.29. The number of carbonyl (C=O) groups is 1. The van der Waals surface area contributed by atoms with Gasteiger partial charge in [-0.15, -0.1) is 0 Å². The minimum Gasteiger partial charge on any atom is -0.497 e. The Labute approximate surface area is 236 Å². The molecule has 0 radical (unpaired) electrons. The molecular formula is C29H28ClN5O5. The molecule has 0 bridgehead atoms. The van der Waals surface area contributed by atoms with Gasteiger partial charge in [0.05, 0.1) is 32.6 Å². The fraction of sp³-hybridized carbons (Fsp3) is 0.207. The number of rotatable bonds is 9. The number of methoxy groups -OCH3 is 3. The van der Waals surface area contributed by atoms with Crippen LogP contribution in [0.2, 0.25) is 5.02 Å². The van der Waals surface area contributed by atoms with Crippen molar-refractivity contribution >= 4 is 29.1 Å². The van der Waals surface area contributed by atoms with Gasteiger partial charge < -0.3 is 29.6 Å². The summed E-state index contributed by atoms with van der Waals surface area (Å²) in [6.45, 7) is 2.16. The minimum absolute atomic E-state index is 0.332. The van der Waals surface area contributed by atoms with E-state index in [2.05, 4.69) is 20.7 Å². The fourth-order valence-corrected chi connectivity index (χ4v) is 4.63. The van der Waals surface area contributed by atoms with Crippen LogP contribution in [-0.2, 0) is 11.4 Å². The Morgan fingerprint density at radius 2 is 1.75 bits per heavy atom. The number of benzene rings is 3. The van der Waals surface area contributed by atoms with Gasteiger partial charge in [-0.05, 0) is 54.4 Å². The van der Waals surface area contributed by atoms with Gasteiger partial charge in [-0.2, -0.15) is 10.1 Å². The summed E-state index contributed by atoms with van der Waals surface area (Å²) in [5, 5.41) is 11.2. The monoisotopic (exact) mass is 561 g/mol. The summed E-state index contributed by atoms with van der Waals surface area (Å²) in [6, 6.07) is 17.6. The van der Waals surface area contributed by atoms with E-state index in [9.17, 15) is 4.79 Å². The molecule has 1 aliphatic rings. The van der Waals surface area contributed by atoms with E-state index in [1.165, 1.54) is 13.4 Å². The van der Waals surface area contributed by atoms with Crippen molar-refractivity contribution in [1.82, 2.24) is 14.8 Å². The predicted molar refractivity (Wildman–Crippen MR) is 151 cm³/mol. The number of ether oxygens (including phenoxy) is 4. The number of anilines is 2. The highest BCUT2D eigenvalue weighted by atomic mass is 35.5. The SMILES string of the molecule is COc1ccc(NC(=O)C2=C(C)Nc3ncnn3[C@H]2c2ccc(OCc3ccc(Cl)cc3)c(OC)c2)c(OC)c1. The average Bonchev–Trinajstić information content (AvgIpc) is 3.44.